The maximum Gasteiger partial charge on any atom is 0.411 e. The first-order chi connectivity index (χ1) is 6.56. The number of carboxylic acid groups (broad SMARTS) is 1. The fraction of sp³-hybridized carbons (Fsp3) is 0.222. The first kappa shape index (κ1) is 10.3. The topological polar surface area (TPSA) is 49.8 Å². The average molecular weight is 199 g/mol. The van der Waals surface area contributed by atoms with Crippen LogP contribution in [0.15, 0.2) is 18.2 Å². The summed E-state index contributed by atoms with van der Waals surface area (Å²) in [6, 6.07) is 3.95. The third-order valence-electron chi connectivity index (χ3n) is 1.81. The number of nitrogens with zero attached hydrogens (tertiary/aromatic N) is 1. The van der Waals surface area contributed by atoms with Crippen LogP contribution in [0.3, 0.4) is 0 Å². The molecule has 1 aromatic rings. The van der Waals surface area contributed by atoms with E-state index in [1.165, 1.54) is 26.3 Å². The molecule has 0 saturated heterocycles. The van der Waals surface area contributed by atoms with Gasteiger partial charge in [0.1, 0.15) is 0 Å². The molecular weight excluding hydrogens is 189 g/mol. The standard InChI is InChI=1S/C9H10FNO3/c1-11(9(12)13)6-3-4-8(14-2)7(10)5-6/h3-5H,1-2H3,(H,12,13). The number of anilines is 1. The van der Waals surface area contributed by atoms with Gasteiger partial charge in [-0.3, -0.25) is 4.90 Å². The summed E-state index contributed by atoms with van der Waals surface area (Å²) in [5.41, 5.74) is 0.260. The van der Waals surface area contributed by atoms with Crippen molar-refractivity contribution >= 4 is 11.8 Å². The van der Waals surface area contributed by atoms with Crippen LogP contribution in [-0.2, 0) is 0 Å². The second kappa shape index (κ2) is 3.95. The second-order valence-corrected chi connectivity index (χ2v) is 2.66. The van der Waals surface area contributed by atoms with Crippen LogP contribution in [0.2, 0.25) is 0 Å². The lowest BCUT2D eigenvalue weighted by molar-refractivity contribution is 0.203. The number of carbonyl (C=O) groups is 1. The molecule has 0 aromatic heterocycles. The Kier molecular flexibility index (Phi) is 2.91. The summed E-state index contributed by atoms with van der Waals surface area (Å²) < 4.78 is 17.8. The van der Waals surface area contributed by atoms with Crippen LogP contribution < -0.4 is 9.64 Å². The molecule has 0 bridgehead atoms. The molecule has 1 rings (SSSR count). The van der Waals surface area contributed by atoms with E-state index in [1.807, 2.05) is 0 Å². The van der Waals surface area contributed by atoms with Crippen molar-refractivity contribution in [2.75, 3.05) is 19.1 Å². The van der Waals surface area contributed by atoms with Crippen LogP contribution in [0.4, 0.5) is 14.9 Å². The lowest BCUT2D eigenvalue weighted by Crippen LogP contribution is -2.23. The highest BCUT2D eigenvalue weighted by Gasteiger charge is 2.11. The zero-order chi connectivity index (χ0) is 10.7. The summed E-state index contributed by atoms with van der Waals surface area (Å²) in [6.07, 6.45) is -1.14. The Bertz CT molecular complexity index is 354. The zero-order valence-corrected chi connectivity index (χ0v) is 7.82. The van der Waals surface area contributed by atoms with Crippen molar-refractivity contribution in [3.05, 3.63) is 24.0 Å². The molecule has 14 heavy (non-hydrogen) atoms. The number of methoxy groups -OCH3 is 1. The van der Waals surface area contributed by atoms with Gasteiger partial charge in [-0.25, -0.2) is 9.18 Å². The minimum absolute atomic E-state index is 0.0903. The highest BCUT2D eigenvalue weighted by Crippen LogP contribution is 2.22. The van der Waals surface area contributed by atoms with E-state index in [0.29, 0.717) is 0 Å². The Labute approximate surface area is 80.5 Å². The molecule has 0 spiro atoms. The molecule has 4 nitrogen and oxygen atoms in total. The molecule has 0 unspecified atom stereocenters. The number of amides is 1. The van der Waals surface area contributed by atoms with E-state index < -0.39 is 11.9 Å². The Morgan fingerprint density at radius 3 is 2.64 bits per heavy atom. The molecule has 1 N–H and O–H groups in total. The average Bonchev–Trinajstić information content (AvgIpc) is 2.16. The first-order valence-electron chi connectivity index (χ1n) is 3.86. The molecule has 0 fully saturated rings. The van der Waals surface area contributed by atoms with Gasteiger partial charge >= 0.3 is 6.09 Å². The fourth-order valence-electron chi connectivity index (χ4n) is 0.974. The minimum atomic E-state index is -1.14. The molecular formula is C9H10FNO3. The van der Waals surface area contributed by atoms with Gasteiger partial charge in [0.25, 0.3) is 0 Å². The van der Waals surface area contributed by atoms with Crippen molar-refractivity contribution in [3.63, 3.8) is 0 Å². The Morgan fingerprint density at radius 1 is 1.57 bits per heavy atom. The molecule has 1 aromatic carbocycles. The quantitative estimate of drug-likeness (QED) is 0.791. The number of rotatable bonds is 2. The smallest absolute Gasteiger partial charge is 0.411 e. The van der Waals surface area contributed by atoms with Gasteiger partial charge in [-0.05, 0) is 12.1 Å². The Hall–Kier alpha value is -1.78. The summed E-state index contributed by atoms with van der Waals surface area (Å²) in [4.78, 5) is 11.5. The van der Waals surface area contributed by atoms with Crippen molar-refractivity contribution < 1.29 is 19.0 Å². The van der Waals surface area contributed by atoms with E-state index in [2.05, 4.69) is 0 Å². The summed E-state index contributed by atoms with van der Waals surface area (Å²) in [7, 11) is 2.68. The van der Waals surface area contributed by atoms with Crippen LogP contribution in [0.25, 0.3) is 0 Å². The van der Waals surface area contributed by atoms with E-state index >= 15 is 0 Å². The summed E-state index contributed by atoms with van der Waals surface area (Å²) in [6.45, 7) is 0. The molecule has 0 radical (unpaired) electrons. The number of benzene rings is 1. The minimum Gasteiger partial charge on any atom is -0.494 e. The summed E-state index contributed by atoms with van der Waals surface area (Å²) >= 11 is 0. The maximum atomic E-state index is 13.1. The maximum absolute atomic E-state index is 13.1. The highest BCUT2D eigenvalue weighted by atomic mass is 19.1. The Morgan fingerprint density at radius 2 is 2.21 bits per heavy atom. The first-order valence-corrected chi connectivity index (χ1v) is 3.86. The lowest BCUT2D eigenvalue weighted by Gasteiger charge is -2.13. The van der Waals surface area contributed by atoms with Crippen molar-refractivity contribution in [1.29, 1.82) is 0 Å². The largest absolute Gasteiger partial charge is 0.494 e. The normalized spacial score (nSPS) is 9.64. The molecule has 0 aliphatic heterocycles. The number of ether oxygens (including phenoxy) is 1. The van der Waals surface area contributed by atoms with Gasteiger partial charge in [0, 0.05) is 18.8 Å². The van der Waals surface area contributed by atoms with Crippen LogP contribution in [-0.4, -0.2) is 25.4 Å². The number of hydrogen-bond acceptors (Lipinski definition) is 2. The third kappa shape index (κ3) is 1.93. The molecule has 5 heteroatoms. The molecule has 0 aliphatic rings. The number of hydrogen-bond donors (Lipinski definition) is 1. The monoisotopic (exact) mass is 199 g/mol. The van der Waals surface area contributed by atoms with Gasteiger partial charge in [0.05, 0.1) is 7.11 Å². The van der Waals surface area contributed by atoms with Gasteiger partial charge < -0.3 is 9.84 Å². The van der Waals surface area contributed by atoms with Gasteiger partial charge in [-0.2, -0.15) is 0 Å². The van der Waals surface area contributed by atoms with Gasteiger partial charge in [0.2, 0.25) is 0 Å². The highest BCUT2D eigenvalue weighted by molar-refractivity contribution is 5.85. The van der Waals surface area contributed by atoms with Crippen molar-refractivity contribution in [2.45, 2.75) is 0 Å². The number of halogens is 1. The van der Waals surface area contributed by atoms with Crippen LogP contribution in [0, 0.1) is 5.82 Å². The van der Waals surface area contributed by atoms with Gasteiger partial charge in [-0.1, -0.05) is 0 Å². The van der Waals surface area contributed by atoms with Crippen molar-refractivity contribution in [2.24, 2.45) is 0 Å². The van der Waals surface area contributed by atoms with Crippen LogP contribution in [0.1, 0.15) is 0 Å². The predicted octanol–water partition coefficient (Wildman–Crippen LogP) is 1.95. The van der Waals surface area contributed by atoms with E-state index in [9.17, 15) is 9.18 Å². The Balaban J connectivity index is 3.02. The summed E-state index contributed by atoms with van der Waals surface area (Å²) in [5.74, 6) is -0.495. The fourth-order valence-corrected chi connectivity index (χ4v) is 0.974. The van der Waals surface area contributed by atoms with Crippen LogP contribution in [0.5, 0.6) is 5.75 Å². The molecule has 0 heterocycles. The molecule has 76 valence electrons. The molecule has 0 atom stereocenters. The summed E-state index contributed by atoms with van der Waals surface area (Å²) in [5, 5.41) is 8.63. The molecule has 1 amide bonds. The predicted molar refractivity (Wildman–Crippen MR) is 49.4 cm³/mol. The second-order valence-electron chi connectivity index (χ2n) is 2.66. The zero-order valence-electron chi connectivity index (χ0n) is 7.82. The van der Waals surface area contributed by atoms with Crippen LogP contribution >= 0.6 is 0 Å². The SMILES string of the molecule is COc1ccc(N(C)C(=O)O)cc1F. The molecule has 0 aliphatic carbocycles. The van der Waals surface area contributed by atoms with E-state index in [4.69, 9.17) is 9.84 Å². The van der Waals surface area contributed by atoms with Crippen molar-refractivity contribution in [1.82, 2.24) is 0 Å². The van der Waals surface area contributed by atoms with E-state index in [-0.39, 0.29) is 11.4 Å². The van der Waals surface area contributed by atoms with E-state index in [0.717, 1.165) is 11.0 Å². The lowest BCUT2D eigenvalue weighted by atomic mass is 10.3. The van der Waals surface area contributed by atoms with Gasteiger partial charge in [-0.15, -0.1) is 0 Å². The van der Waals surface area contributed by atoms with Crippen molar-refractivity contribution in [3.8, 4) is 5.75 Å². The third-order valence-corrected chi connectivity index (χ3v) is 1.81. The van der Waals surface area contributed by atoms with Gasteiger partial charge in [0.15, 0.2) is 11.6 Å². The molecule has 0 saturated carbocycles. The van der Waals surface area contributed by atoms with E-state index in [1.54, 1.807) is 0 Å².